The van der Waals surface area contributed by atoms with Crippen molar-refractivity contribution in [3.63, 3.8) is 0 Å². The van der Waals surface area contributed by atoms with Crippen LogP contribution in [0.4, 0.5) is 5.69 Å². The standard InChI is InChI=1S/C21H24N2O/c24-21-17-10-3-7-16-8-4-12-19(20(16)17)23(21)14-22-13-5-9-15-6-1-2-11-18(15)22/h3-4,7-8,10,12,15,18H,1-2,5-6,9,11,13-14H2/t15-,18+/m1/s1. The minimum Gasteiger partial charge on any atom is -0.294 e. The Hall–Kier alpha value is -1.87. The number of piperidine rings is 1. The summed E-state index contributed by atoms with van der Waals surface area (Å²) in [4.78, 5) is 17.6. The average molecular weight is 320 g/mol. The first kappa shape index (κ1) is 14.5. The number of rotatable bonds is 2. The van der Waals surface area contributed by atoms with E-state index >= 15 is 0 Å². The smallest absolute Gasteiger partial charge is 0.260 e. The topological polar surface area (TPSA) is 23.6 Å². The van der Waals surface area contributed by atoms with E-state index in [2.05, 4.69) is 29.2 Å². The minimum atomic E-state index is 0.180. The Morgan fingerprint density at radius 1 is 0.958 bits per heavy atom. The zero-order valence-electron chi connectivity index (χ0n) is 14.1. The van der Waals surface area contributed by atoms with Gasteiger partial charge in [0.05, 0.1) is 12.4 Å². The number of hydrogen-bond acceptors (Lipinski definition) is 2. The minimum absolute atomic E-state index is 0.180. The molecule has 2 aromatic rings. The third-order valence-electron chi connectivity index (χ3n) is 6.33. The summed E-state index contributed by atoms with van der Waals surface area (Å²) in [5, 5.41) is 2.32. The van der Waals surface area contributed by atoms with E-state index in [0.29, 0.717) is 6.04 Å². The predicted octanol–water partition coefficient (Wildman–Crippen LogP) is 4.41. The van der Waals surface area contributed by atoms with Gasteiger partial charge < -0.3 is 0 Å². The van der Waals surface area contributed by atoms with E-state index < -0.39 is 0 Å². The lowest BCUT2D eigenvalue weighted by Gasteiger charge is -2.45. The maximum atomic E-state index is 13.0. The predicted molar refractivity (Wildman–Crippen MR) is 97.3 cm³/mol. The second-order valence-corrected chi connectivity index (χ2v) is 7.62. The number of fused-ring (bicyclic) bond motifs is 1. The highest BCUT2D eigenvalue weighted by molar-refractivity contribution is 6.24. The molecule has 124 valence electrons. The van der Waals surface area contributed by atoms with Crippen molar-refractivity contribution < 1.29 is 4.79 Å². The van der Waals surface area contributed by atoms with E-state index in [0.717, 1.165) is 35.8 Å². The second kappa shape index (κ2) is 5.59. The summed E-state index contributed by atoms with van der Waals surface area (Å²) in [6.07, 6.45) is 8.09. The van der Waals surface area contributed by atoms with Crippen molar-refractivity contribution in [3.8, 4) is 0 Å². The van der Waals surface area contributed by atoms with Gasteiger partial charge in [0, 0.05) is 23.5 Å². The number of carbonyl (C=O) groups is 1. The Labute approximate surface area is 143 Å². The molecule has 24 heavy (non-hydrogen) atoms. The molecule has 3 aliphatic rings. The summed E-state index contributed by atoms with van der Waals surface area (Å²) in [5.41, 5.74) is 1.98. The number of amides is 1. The molecule has 3 nitrogen and oxygen atoms in total. The van der Waals surface area contributed by atoms with Crippen LogP contribution in [0.2, 0.25) is 0 Å². The summed E-state index contributed by atoms with van der Waals surface area (Å²) in [5.74, 6) is 1.03. The van der Waals surface area contributed by atoms with Crippen LogP contribution in [-0.4, -0.2) is 30.1 Å². The van der Waals surface area contributed by atoms with Gasteiger partial charge in [-0.1, -0.05) is 37.1 Å². The van der Waals surface area contributed by atoms with Gasteiger partial charge in [-0.15, -0.1) is 0 Å². The van der Waals surface area contributed by atoms with E-state index in [-0.39, 0.29) is 5.91 Å². The number of likely N-dealkylation sites (tertiary alicyclic amines) is 1. The van der Waals surface area contributed by atoms with Crippen LogP contribution in [0.1, 0.15) is 48.9 Å². The first-order valence-electron chi connectivity index (χ1n) is 9.40. The maximum Gasteiger partial charge on any atom is 0.260 e. The van der Waals surface area contributed by atoms with Crippen LogP contribution in [0.25, 0.3) is 10.8 Å². The Balaban J connectivity index is 1.48. The van der Waals surface area contributed by atoms with Crippen LogP contribution >= 0.6 is 0 Å². The summed E-state index contributed by atoms with van der Waals surface area (Å²) in [6, 6.07) is 13.1. The van der Waals surface area contributed by atoms with Gasteiger partial charge in [0.2, 0.25) is 0 Å². The van der Waals surface area contributed by atoms with Crippen LogP contribution in [-0.2, 0) is 0 Å². The van der Waals surface area contributed by atoms with E-state index in [9.17, 15) is 4.79 Å². The molecule has 0 N–H and O–H groups in total. The first-order valence-corrected chi connectivity index (χ1v) is 9.40. The second-order valence-electron chi connectivity index (χ2n) is 7.62. The van der Waals surface area contributed by atoms with Crippen molar-refractivity contribution in [2.75, 3.05) is 18.1 Å². The highest BCUT2D eigenvalue weighted by atomic mass is 16.2. The summed E-state index contributed by atoms with van der Waals surface area (Å²) < 4.78 is 0. The van der Waals surface area contributed by atoms with Crippen molar-refractivity contribution in [2.45, 2.75) is 44.6 Å². The highest BCUT2D eigenvalue weighted by Gasteiger charge is 2.37. The molecule has 2 heterocycles. The third kappa shape index (κ3) is 2.11. The van der Waals surface area contributed by atoms with Crippen LogP contribution in [0.5, 0.6) is 0 Å². The number of anilines is 1. The molecule has 0 spiro atoms. The number of benzene rings is 2. The molecule has 2 aromatic carbocycles. The van der Waals surface area contributed by atoms with Gasteiger partial charge in [0.15, 0.2) is 0 Å². The molecule has 2 aliphatic heterocycles. The van der Waals surface area contributed by atoms with E-state index in [1.54, 1.807) is 0 Å². The number of hydrogen-bond donors (Lipinski definition) is 0. The van der Waals surface area contributed by atoms with Crippen molar-refractivity contribution in [1.82, 2.24) is 4.90 Å². The SMILES string of the molecule is O=C1c2cccc3cccc(c23)N1CN1CCC[C@H]2CCCC[C@@H]21. The zero-order chi connectivity index (χ0) is 16.1. The van der Waals surface area contributed by atoms with Crippen LogP contribution in [0.15, 0.2) is 36.4 Å². The normalized spacial score (nSPS) is 26.8. The third-order valence-corrected chi connectivity index (χ3v) is 6.33. The first-order chi connectivity index (χ1) is 11.8. The monoisotopic (exact) mass is 320 g/mol. The Bertz CT molecular complexity index is 792. The molecule has 0 radical (unpaired) electrons. The summed E-state index contributed by atoms with van der Waals surface area (Å²) >= 11 is 0. The van der Waals surface area contributed by atoms with Crippen molar-refractivity contribution in [3.05, 3.63) is 42.0 Å². The van der Waals surface area contributed by atoms with Gasteiger partial charge in [-0.25, -0.2) is 0 Å². The molecule has 5 rings (SSSR count). The zero-order valence-corrected chi connectivity index (χ0v) is 14.1. The van der Waals surface area contributed by atoms with E-state index in [1.165, 1.54) is 43.9 Å². The van der Waals surface area contributed by atoms with E-state index in [1.807, 2.05) is 17.0 Å². The molecule has 3 heteroatoms. The fraction of sp³-hybridized carbons (Fsp3) is 0.476. The molecule has 1 saturated heterocycles. The molecular formula is C21H24N2O. The van der Waals surface area contributed by atoms with Crippen molar-refractivity contribution in [1.29, 1.82) is 0 Å². The largest absolute Gasteiger partial charge is 0.294 e. The molecule has 2 atom stereocenters. The Morgan fingerprint density at radius 3 is 2.67 bits per heavy atom. The van der Waals surface area contributed by atoms with Crippen LogP contribution in [0.3, 0.4) is 0 Å². The lowest BCUT2D eigenvalue weighted by molar-refractivity contribution is 0.0585. The fourth-order valence-electron chi connectivity index (χ4n) is 5.20. The molecule has 2 fully saturated rings. The fourth-order valence-corrected chi connectivity index (χ4v) is 5.20. The molecule has 1 aliphatic carbocycles. The molecule has 1 amide bonds. The Morgan fingerprint density at radius 2 is 1.75 bits per heavy atom. The van der Waals surface area contributed by atoms with Gasteiger partial charge in [0.1, 0.15) is 0 Å². The van der Waals surface area contributed by atoms with Crippen LogP contribution in [0, 0.1) is 5.92 Å². The molecule has 1 saturated carbocycles. The summed E-state index contributed by atoms with van der Waals surface area (Å²) in [6.45, 7) is 1.89. The molecule has 0 unspecified atom stereocenters. The van der Waals surface area contributed by atoms with Crippen LogP contribution < -0.4 is 4.90 Å². The maximum absolute atomic E-state index is 13.0. The van der Waals surface area contributed by atoms with Gasteiger partial charge in [-0.2, -0.15) is 0 Å². The van der Waals surface area contributed by atoms with E-state index in [4.69, 9.17) is 0 Å². The lowest BCUT2D eigenvalue weighted by Crippen LogP contribution is -2.51. The lowest BCUT2D eigenvalue weighted by atomic mass is 9.78. The van der Waals surface area contributed by atoms with Gasteiger partial charge in [-0.05, 0) is 49.1 Å². The highest BCUT2D eigenvalue weighted by Crippen LogP contribution is 2.39. The van der Waals surface area contributed by atoms with Crippen molar-refractivity contribution >= 4 is 22.4 Å². The molecule has 0 aromatic heterocycles. The number of carbonyl (C=O) groups excluding carboxylic acids is 1. The van der Waals surface area contributed by atoms with Gasteiger partial charge >= 0.3 is 0 Å². The van der Waals surface area contributed by atoms with Gasteiger partial charge in [-0.3, -0.25) is 14.6 Å². The van der Waals surface area contributed by atoms with Gasteiger partial charge in [0.25, 0.3) is 5.91 Å². The molecular weight excluding hydrogens is 296 g/mol. The summed E-state index contributed by atoms with van der Waals surface area (Å²) in [7, 11) is 0. The average Bonchev–Trinajstić information content (AvgIpc) is 2.90. The quantitative estimate of drug-likeness (QED) is 0.818. The Kier molecular flexibility index (Phi) is 3.37. The molecule has 0 bridgehead atoms. The van der Waals surface area contributed by atoms with Crippen molar-refractivity contribution in [2.24, 2.45) is 5.92 Å². The number of nitrogens with zero attached hydrogens (tertiary/aromatic N) is 2.